The first-order valence-electron chi connectivity index (χ1n) is 14.3. The van der Waals surface area contributed by atoms with Gasteiger partial charge in [0.15, 0.2) is 6.29 Å². The molecule has 2 aliphatic rings. The molecule has 1 aliphatic carbocycles. The SMILES string of the molecule is CCC(OC)Oc1cccc(CC2CCCN(c3c(NC(CC4CCCCC4)C(C)N)c(=O)c3=O)C2)c1. The van der Waals surface area contributed by atoms with Gasteiger partial charge in [0.05, 0.1) is 0 Å². The van der Waals surface area contributed by atoms with Crippen molar-refractivity contribution in [3.8, 4) is 5.75 Å². The Hall–Kier alpha value is -2.38. The first-order chi connectivity index (χ1) is 17.9. The fraction of sp³-hybridized carbons (Fsp3) is 0.667. The van der Waals surface area contributed by atoms with E-state index in [9.17, 15) is 9.59 Å². The lowest BCUT2D eigenvalue weighted by atomic mass is 9.83. The number of hydrogen-bond acceptors (Lipinski definition) is 7. The Bertz CT molecular complexity index is 1070. The number of nitrogens with two attached hydrogens (primary N) is 1. The first kappa shape index (κ1) is 27.6. The molecule has 4 rings (SSSR count). The van der Waals surface area contributed by atoms with Gasteiger partial charge in [0.2, 0.25) is 0 Å². The Balaban J connectivity index is 1.42. The van der Waals surface area contributed by atoms with Crippen molar-refractivity contribution in [1.29, 1.82) is 0 Å². The summed E-state index contributed by atoms with van der Waals surface area (Å²) in [7, 11) is 1.66. The summed E-state index contributed by atoms with van der Waals surface area (Å²) in [5.74, 6) is 1.85. The number of nitrogens with zero attached hydrogens (tertiary/aromatic N) is 1. The van der Waals surface area contributed by atoms with Crippen molar-refractivity contribution in [1.82, 2.24) is 0 Å². The monoisotopic (exact) mass is 511 g/mol. The molecule has 37 heavy (non-hydrogen) atoms. The Labute approximate surface area is 221 Å². The van der Waals surface area contributed by atoms with E-state index >= 15 is 0 Å². The van der Waals surface area contributed by atoms with E-state index < -0.39 is 0 Å². The third kappa shape index (κ3) is 6.94. The fourth-order valence-corrected chi connectivity index (χ4v) is 6.15. The molecule has 2 aromatic carbocycles. The number of hydrogen-bond donors (Lipinski definition) is 2. The zero-order chi connectivity index (χ0) is 26.4. The Kier molecular flexibility index (Phi) is 9.65. The van der Waals surface area contributed by atoms with Gasteiger partial charge in [-0.05, 0) is 62.1 Å². The lowest BCUT2D eigenvalue weighted by molar-refractivity contribution is -0.0548. The summed E-state index contributed by atoms with van der Waals surface area (Å²) in [5.41, 5.74) is 7.87. The van der Waals surface area contributed by atoms with E-state index in [1.807, 2.05) is 26.0 Å². The zero-order valence-corrected chi connectivity index (χ0v) is 22.8. The fourth-order valence-electron chi connectivity index (χ4n) is 6.15. The molecule has 2 fully saturated rings. The molecular weight excluding hydrogens is 466 g/mol. The van der Waals surface area contributed by atoms with Crippen LogP contribution in [0.1, 0.15) is 77.2 Å². The van der Waals surface area contributed by atoms with E-state index in [4.69, 9.17) is 15.2 Å². The quantitative estimate of drug-likeness (QED) is 0.318. The molecule has 0 spiro atoms. The molecule has 4 atom stereocenters. The van der Waals surface area contributed by atoms with Gasteiger partial charge in [-0.3, -0.25) is 9.59 Å². The average molecular weight is 512 g/mol. The minimum atomic E-state index is -0.389. The molecule has 204 valence electrons. The van der Waals surface area contributed by atoms with E-state index in [0.717, 1.165) is 50.9 Å². The second-order valence-corrected chi connectivity index (χ2v) is 11.2. The van der Waals surface area contributed by atoms with Crippen LogP contribution in [0.15, 0.2) is 33.9 Å². The largest absolute Gasteiger partial charge is 0.465 e. The number of ether oxygens (including phenoxy) is 2. The minimum absolute atomic E-state index is 0.00697. The van der Waals surface area contributed by atoms with Crippen LogP contribution >= 0.6 is 0 Å². The van der Waals surface area contributed by atoms with Gasteiger partial charge < -0.3 is 25.4 Å². The number of piperidine rings is 1. The molecule has 4 unspecified atom stereocenters. The normalized spacial score (nSPS) is 21.5. The second-order valence-electron chi connectivity index (χ2n) is 11.2. The van der Waals surface area contributed by atoms with Crippen LogP contribution in [0.4, 0.5) is 11.4 Å². The maximum Gasteiger partial charge on any atom is 0.253 e. The summed E-state index contributed by atoms with van der Waals surface area (Å²) in [6.45, 7) is 5.60. The third-order valence-corrected chi connectivity index (χ3v) is 8.28. The summed E-state index contributed by atoms with van der Waals surface area (Å²) in [6, 6.07) is 8.11. The molecule has 1 aliphatic heterocycles. The predicted molar refractivity (Wildman–Crippen MR) is 150 cm³/mol. The van der Waals surface area contributed by atoms with Crippen LogP contribution in [0.3, 0.4) is 0 Å². The highest BCUT2D eigenvalue weighted by molar-refractivity contribution is 5.75. The maximum absolute atomic E-state index is 12.7. The standard InChI is InChI=1S/C30H45N3O4/c1-4-26(36-3)37-24-14-8-12-22(17-24)16-23-13-9-15-33(19-23)28-27(29(34)30(28)35)32-25(20(2)31)18-21-10-6-5-7-11-21/h8,12,14,17,20-21,23,25-26,32H,4-7,9-11,13,15-16,18-19,31H2,1-3H3. The summed E-state index contributed by atoms with van der Waals surface area (Å²) >= 11 is 0. The Morgan fingerprint density at radius 2 is 1.84 bits per heavy atom. The zero-order valence-electron chi connectivity index (χ0n) is 22.8. The minimum Gasteiger partial charge on any atom is -0.465 e. The molecule has 7 nitrogen and oxygen atoms in total. The van der Waals surface area contributed by atoms with Gasteiger partial charge in [-0.1, -0.05) is 51.2 Å². The maximum atomic E-state index is 12.7. The topological polar surface area (TPSA) is 93.9 Å². The van der Waals surface area contributed by atoms with E-state index in [2.05, 4.69) is 22.3 Å². The molecule has 7 heteroatoms. The van der Waals surface area contributed by atoms with Gasteiger partial charge in [0.25, 0.3) is 10.9 Å². The number of anilines is 2. The van der Waals surface area contributed by atoms with Gasteiger partial charge in [0, 0.05) is 38.7 Å². The van der Waals surface area contributed by atoms with Crippen LogP contribution in [0.2, 0.25) is 0 Å². The molecular formula is C30H45N3O4. The Morgan fingerprint density at radius 3 is 2.54 bits per heavy atom. The van der Waals surface area contributed by atoms with E-state index in [1.54, 1.807) is 7.11 Å². The molecule has 1 saturated heterocycles. The van der Waals surface area contributed by atoms with Crippen molar-refractivity contribution in [2.24, 2.45) is 17.6 Å². The highest BCUT2D eigenvalue weighted by Crippen LogP contribution is 2.32. The summed E-state index contributed by atoms with van der Waals surface area (Å²) in [6.07, 6.45) is 10.8. The molecule has 0 amide bonds. The van der Waals surface area contributed by atoms with Gasteiger partial charge in [0.1, 0.15) is 17.1 Å². The highest BCUT2D eigenvalue weighted by atomic mass is 16.7. The lowest BCUT2D eigenvalue weighted by Crippen LogP contribution is -2.49. The van der Waals surface area contributed by atoms with Crippen LogP contribution < -0.4 is 31.5 Å². The molecule has 1 saturated carbocycles. The van der Waals surface area contributed by atoms with Crippen molar-refractivity contribution in [2.75, 3.05) is 30.4 Å². The van der Waals surface area contributed by atoms with Crippen LogP contribution in [-0.4, -0.2) is 38.6 Å². The van der Waals surface area contributed by atoms with Crippen molar-refractivity contribution < 1.29 is 9.47 Å². The number of rotatable bonds is 12. The van der Waals surface area contributed by atoms with Crippen LogP contribution in [0, 0.1) is 11.8 Å². The average Bonchev–Trinajstić information content (AvgIpc) is 2.91. The highest BCUT2D eigenvalue weighted by Gasteiger charge is 2.32. The van der Waals surface area contributed by atoms with Crippen LogP contribution in [-0.2, 0) is 11.2 Å². The van der Waals surface area contributed by atoms with Crippen molar-refractivity contribution in [2.45, 2.75) is 96.4 Å². The summed E-state index contributed by atoms with van der Waals surface area (Å²) in [5, 5.41) is 3.44. The molecule has 0 bridgehead atoms. The molecule has 1 heterocycles. The first-order valence-corrected chi connectivity index (χ1v) is 14.3. The van der Waals surface area contributed by atoms with Gasteiger partial charge >= 0.3 is 0 Å². The second kappa shape index (κ2) is 12.9. The van der Waals surface area contributed by atoms with Gasteiger partial charge in [-0.25, -0.2) is 0 Å². The summed E-state index contributed by atoms with van der Waals surface area (Å²) in [4.78, 5) is 27.5. The summed E-state index contributed by atoms with van der Waals surface area (Å²) < 4.78 is 11.3. The van der Waals surface area contributed by atoms with E-state index in [-0.39, 0.29) is 29.2 Å². The van der Waals surface area contributed by atoms with Gasteiger partial charge in [-0.2, -0.15) is 0 Å². The molecule has 2 aromatic rings. The van der Waals surface area contributed by atoms with Crippen molar-refractivity contribution >= 4 is 11.4 Å². The van der Waals surface area contributed by atoms with Crippen molar-refractivity contribution in [3.05, 3.63) is 50.3 Å². The van der Waals surface area contributed by atoms with E-state index in [0.29, 0.717) is 23.2 Å². The third-order valence-electron chi connectivity index (χ3n) is 8.28. The van der Waals surface area contributed by atoms with Crippen LogP contribution in [0.25, 0.3) is 0 Å². The Morgan fingerprint density at radius 1 is 1.08 bits per heavy atom. The lowest BCUT2D eigenvalue weighted by Gasteiger charge is -2.37. The van der Waals surface area contributed by atoms with Crippen LogP contribution in [0.5, 0.6) is 5.75 Å². The molecule has 3 N–H and O–H groups in total. The number of nitrogens with one attached hydrogen (secondary N) is 1. The molecule has 0 radical (unpaired) electrons. The predicted octanol–water partition coefficient (Wildman–Crippen LogP) is 4.60. The van der Waals surface area contributed by atoms with Crippen molar-refractivity contribution in [3.63, 3.8) is 0 Å². The van der Waals surface area contributed by atoms with Gasteiger partial charge in [-0.15, -0.1) is 0 Å². The molecule has 0 aromatic heterocycles. The number of benzene rings is 1. The smallest absolute Gasteiger partial charge is 0.253 e. The van der Waals surface area contributed by atoms with E-state index in [1.165, 1.54) is 37.7 Å². The number of methoxy groups -OCH3 is 1.